The van der Waals surface area contributed by atoms with Gasteiger partial charge in [0.2, 0.25) is 5.91 Å². The molecule has 0 aliphatic carbocycles. The van der Waals surface area contributed by atoms with Crippen LogP contribution >= 0.6 is 0 Å². The Kier molecular flexibility index (Phi) is 3.24. The first-order chi connectivity index (χ1) is 7.75. The monoisotopic (exact) mass is 221 g/mol. The summed E-state index contributed by atoms with van der Waals surface area (Å²) in [6.45, 7) is 3.51. The van der Waals surface area contributed by atoms with Crippen molar-refractivity contribution in [3.8, 4) is 0 Å². The lowest BCUT2D eigenvalue weighted by atomic mass is 10.4. The van der Waals surface area contributed by atoms with Crippen molar-refractivity contribution in [2.75, 3.05) is 18.0 Å². The van der Waals surface area contributed by atoms with Crippen LogP contribution in [0.3, 0.4) is 0 Å². The van der Waals surface area contributed by atoms with E-state index < -0.39 is 0 Å². The summed E-state index contributed by atoms with van der Waals surface area (Å²) < 4.78 is 5.57. The fourth-order valence-corrected chi connectivity index (χ4v) is 1.71. The van der Waals surface area contributed by atoms with E-state index in [0.29, 0.717) is 5.76 Å². The molecule has 0 radical (unpaired) electrons. The number of rotatable bonds is 3. The Morgan fingerprint density at radius 2 is 2.25 bits per heavy atom. The van der Waals surface area contributed by atoms with Crippen LogP contribution in [0, 0.1) is 0 Å². The van der Waals surface area contributed by atoms with Gasteiger partial charge in [0.05, 0.1) is 6.21 Å². The maximum Gasteiger partial charge on any atom is 0.236 e. The molecular weight excluding hydrogens is 206 g/mol. The zero-order valence-electron chi connectivity index (χ0n) is 9.27. The maximum absolute atomic E-state index is 10.6. The molecular formula is C11H15N3O2. The third-order valence-electron chi connectivity index (χ3n) is 2.44. The molecule has 1 aliphatic heterocycles. The third-order valence-corrected chi connectivity index (χ3v) is 2.44. The van der Waals surface area contributed by atoms with Crippen molar-refractivity contribution >= 4 is 18.0 Å². The topological polar surface area (TPSA) is 57.8 Å². The number of anilines is 1. The Morgan fingerprint density at radius 3 is 2.94 bits per heavy atom. The minimum atomic E-state index is -0.192. The highest BCUT2D eigenvalue weighted by Crippen LogP contribution is 2.21. The molecule has 1 saturated heterocycles. The van der Waals surface area contributed by atoms with Gasteiger partial charge in [0, 0.05) is 26.1 Å². The number of furan rings is 1. The molecule has 0 unspecified atom stereocenters. The van der Waals surface area contributed by atoms with Crippen LogP contribution in [0.5, 0.6) is 0 Å². The van der Waals surface area contributed by atoms with Crippen LogP contribution in [0.15, 0.2) is 21.7 Å². The van der Waals surface area contributed by atoms with Crippen molar-refractivity contribution < 1.29 is 9.21 Å². The summed E-state index contributed by atoms with van der Waals surface area (Å²) in [4.78, 5) is 12.8. The van der Waals surface area contributed by atoms with E-state index in [1.54, 1.807) is 0 Å². The van der Waals surface area contributed by atoms with E-state index >= 15 is 0 Å². The van der Waals surface area contributed by atoms with Crippen LogP contribution in [0.4, 0.5) is 5.88 Å². The highest BCUT2D eigenvalue weighted by atomic mass is 16.4. The lowest BCUT2D eigenvalue weighted by Gasteiger charge is -2.12. The predicted octanol–water partition coefficient (Wildman–Crippen LogP) is 1.35. The van der Waals surface area contributed by atoms with Crippen LogP contribution in [0.25, 0.3) is 0 Å². The number of nitrogens with one attached hydrogen (secondary N) is 1. The van der Waals surface area contributed by atoms with Gasteiger partial charge in [0.25, 0.3) is 0 Å². The number of hydrazone groups is 1. The average molecular weight is 221 g/mol. The molecule has 16 heavy (non-hydrogen) atoms. The second-order valence-electron chi connectivity index (χ2n) is 3.80. The molecule has 0 aromatic carbocycles. The zero-order valence-corrected chi connectivity index (χ0v) is 9.27. The number of carbonyl (C=O) groups excluding carboxylic acids is 1. The molecule has 1 aliphatic rings. The van der Waals surface area contributed by atoms with Crippen molar-refractivity contribution in [3.05, 3.63) is 17.9 Å². The molecule has 0 bridgehead atoms. The Bertz CT molecular complexity index is 392. The molecule has 5 heteroatoms. The summed E-state index contributed by atoms with van der Waals surface area (Å²) >= 11 is 0. The molecule has 1 amide bonds. The first-order valence-electron chi connectivity index (χ1n) is 5.40. The zero-order chi connectivity index (χ0) is 11.4. The summed E-state index contributed by atoms with van der Waals surface area (Å²) in [5.41, 5.74) is 2.33. The quantitative estimate of drug-likeness (QED) is 0.619. The fourth-order valence-electron chi connectivity index (χ4n) is 1.71. The molecule has 1 N–H and O–H groups in total. The Balaban J connectivity index is 1.96. The minimum Gasteiger partial charge on any atom is -0.440 e. The number of amides is 1. The molecule has 5 nitrogen and oxygen atoms in total. The van der Waals surface area contributed by atoms with Gasteiger partial charge in [-0.05, 0) is 18.9 Å². The van der Waals surface area contributed by atoms with Crippen molar-refractivity contribution in [1.82, 2.24) is 5.43 Å². The smallest absolute Gasteiger partial charge is 0.236 e. The van der Waals surface area contributed by atoms with E-state index in [1.165, 1.54) is 26.0 Å². The van der Waals surface area contributed by atoms with Gasteiger partial charge < -0.3 is 9.32 Å². The lowest BCUT2D eigenvalue weighted by molar-refractivity contribution is -0.118. The van der Waals surface area contributed by atoms with Crippen molar-refractivity contribution in [2.45, 2.75) is 19.8 Å². The maximum atomic E-state index is 10.6. The predicted molar refractivity (Wildman–Crippen MR) is 61.6 cm³/mol. The van der Waals surface area contributed by atoms with Crippen LogP contribution < -0.4 is 10.3 Å². The van der Waals surface area contributed by atoms with Crippen molar-refractivity contribution in [3.63, 3.8) is 0 Å². The number of hydrogen-bond donors (Lipinski definition) is 1. The summed E-state index contributed by atoms with van der Waals surface area (Å²) in [5.74, 6) is 1.33. The summed E-state index contributed by atoms with van der Waals surface area (Å²) in [6, 6.07) is 3.78. The van der Waals surface area contributed by atoms with Gasteiger partial charge in [0.15, 0.2) is 5.88 Å². The fraction of sp³-hybridized carbons (Fsp3) is 0.455. The van der Waals surface area contributed by atoms with E-state index in [0.717, 1.165) is 19.0 Å². The summed E-state index contributed by atoms with van der Waals surface area (Å²) in [6.07, 6.45) is 3.94. The number of carbonyl (C=O) groups is 1. The van der Waals surface area contributed by atoms with Gasteiger partial charge in [0.1, 0.15) is 5.76 Å². The molecule has 1 aromatic rings. The van der Waals surface area contributed by atoms with Gasteiger partial charge in [-0.15, -0.1) is 0 Å². The molecule has 0 atom stereocenters. The molecule has 2 heterocycles. The molecule has 86 valence electrons. The molecule has 1 aromatic heterocycles. The van der Waals surface area contributed by atoms with E-state index in [1.807, 2.05) is 12.1 Å². The van der Waals surface area contributed by atoms with E-state index in [4.69, 9.17) is 4.42 Å². The molecule has 0 spiro atoms. The van der Waals surface area contributed by atoms with E-state index in [-0.39, 0.29) is 5.91 Å². The molecule has 2 rings (SSSR count). The van der Waals surface area contributed by atoms with Gasteiger partial charge in [-0.2, -0.15) is 5.10 Å². The van der Waals surface area contributed by atoms with E-state index in [2.05, 4.69) is 15.4 Å². The standard InChI is InChI=1S/C11H15N3O2/c1-9(15)13-12-8-10-4-5-11(16-10)14-6-2-3-7-14/h4-5,8H,2-3,6-7H2,1H3,(H,13,15)/b12-8-. The van der Waals surface area contributed by atoms with Crippen molar-refractivity contribution in [1.29, 1.82) is 0 Å². The van der Waals surface area contributed by atoms with Gasteiger partial charge in [-0.1, -0.05) is 0 Å². The Morgan fingerprint density at radius 1 is 1.50 bits per heavy atom. The Labute approximate surface area is 94.1 Å². The summed E-state index contributed by atoms with van der Waals surface area (Å²) in [5, 5.41) is 3.74. The van der Waals surface area contributed by atoms with Crippen molar-refractivity contribution in [2.24, 2.45) is 5.10 Å². The highest BCUT2D eigenvalue weighted by Gasteiger charge is 2.14. The number of nitrogens with zero attached hydrogens (tertiary/aromatic N) is 2. The number of hydrogen-bond acceptors (Lipinski definition) is 4. The van der Waals surface area contributed by atoms with E-state index in [9.17, 15) is 4.79 Å². The lowest BCUT2D eigenvalue weighted by Crippen LogP contribution is -2.16. The van der Waals surface area contributed by atoms with Gasteiger partial charge in [-0.3, -0.25) is 4.79 Å². The first kappa shape index (κ1) is 10.7. The van der Waals surface area contributed by atoms with Gasteiger partial charge in [-0.25, -0.2) is 5.43 Å². The molecule has 1 fully saturated rings. The van der Waals surface area contributed by atoms with Crippen LogP contribution in [0.1, 0.15) is 25.5 Å². The average Bonchev–Trinajstić information content (AvgIpc) is 2.85. The van der Waals surface area contributed by atoms with Gasteiger partial charge >= 0.3 is 0 Å². The van der Waals surface area contributed by atoms with Crippen LogP contribution in [-0.2, 0) is 4.79 Å². The largest absolute Gasteiger partial charge is 0.440 e. The normalized spacial score (nSPS) is 15.9. The molecule has 0 saturated carbocycles. The SMILES string of the molecule is CC(=O)N/N=C\c1ccc(N2CCCC2)o1. The minimum absolute atomic E-state index is 0.192. The second-order valence-corrected chi connectivity index (χ2v) is 3.80. The second kappa shape index (κ2) is 4.83. The summed E-state index contributed by atoms with van der Waals surface area (Å²) in [7, 11) is 0. The third kappa shape index (κ3) is 2.62. The first-order valence-corrected chi connectivity index (χ1v) is 5.40. The Hall–Kier alpha value is -1.78. The van der Waals surface area contributed by atoms with Crippen LogP contribution in [0.2, 0.25) is 0 Å². The highest BCUT2D eigenvalue weighted by molar-refractivity contribution is 5.79. The van der Waals surface area contributed by atoms with Crippen LogP contribution in [-0.4, -0.2) is 25.2 Å².